The number of rotatable bonds is 6. The minimum Gasteiger partial charge on any atom is -0.354 e. The molecule has 3 rings (SSSR count). The molecule has 0 amide bonds. The van der Waals surface area contributed by atoms with Gasteiger partial charge in [-0.1, -0.05) is 45.0 Å². The molecule has 4 nitrogen and oxygen atoms in total. The highest BCUT2D eigenvalue weighted by atomic mass is 127. The third-order valence-corrected chi connectivity index (χ3v) is 5.84. The third-order valence-electron chi connectivity index (χ3n) is 5.84. The van der Waals surface area contributed by atoms with Gasteiger partial charge in [0.15, 0.2) is 5.96 Å². The van der Waals surface area contributed by atoms with Crippen LogP contribution in [0.4, 0.5) is 0 Å². The molecular formula is C22H37IN4. The van der Waals surface area contributed by atoms with Gasteiger partial charge in [-0.05, 0) is 49.3 Å². The van der Waals surface area contributed by atoms with Crippen LogP contribution >= 0.6 is 24.0 Å². The van der Waals surface area contributed by atoms with Gasteiger partial charge < -0.3 is 15.5 Å². The molecule has 1 aliphatic heterocycles. The lowest BCUT2D eigenvalue weighted by Gasteiger charge is -2.32. The first kappa shape index (κ1) is 22.5. The molecule has 0 spiro atoms. The molecule has 1 aliphatic carbocycles. The Morgan fingerprint density at radius 3 is 2.37 bits per heavy atom. The summed E-state index contributed by atoms with van der Waals surface area (Å²) in [6.45, 7) is 10.4. The van der Waals surface area contributed by atoms with Crippen molar-refractivity contribution in [1.29, 1.82) is 0 Å². The molecule has 27 heavy (non-hydrogen) atoms. The van der Waals surface area contributed by atoms with Gasteiger partial charge in [0, 0.05) is 38.1 Å². The van der Waals surface area contributed by atoms with Crippen molar-refractivity contribution in [3.8, 4) is 0 Å². The van der Waals surface area contributed by atoms with Crippen LogP contribution < -0.4 is 10.6 Å². The predicted octanol–water partition coefficient (Wildman–Crippen LogP) is 4.32. The highest BCUT2D eigenvalue weighted by Gasteiger charge is 2.39. The Labute approximate surface area is 182 Å². The van der Waals surface area contributed by atoms with E-state index in [2.05, 4.69) is 65.6 Å². The number of hydrogen-bond acceptors (Lipinski definition) is 2. The molecular weight excluding hydrogens is 447 g/mol. The molecule has 2 aliphatic rings. The van der Waals surface area contributed by atoms with Crippen LogP contribution in [0.1, 0.15) is 69.4 Å². The SMILES string of the molecule is CCCN1CCC(NC(=NC)NC2CC2c2ccc(C(C)C)cc2)CC1.I. The number of guanidine groups is 1. The third kappa shape index (κ3) is 6.34. The van der Waals surface area contributed by atoms with Crippen LogP contribution in [-0.4, -0.2) is 49.6 Å². The van der Waals surface area contributed by atoms with Crippen LogP contribution in [-0.2, 0) is 0 Å². The molecule has 2 unspecified atom stereocenters. The standard InChI is InChI=1S/C22H36N4.HI/c1-5-12-26-13-10-19(11-14-26)24-22(23-4)25-21-15-20(21)18-8-6-17(7-9-18)16(2)3;/h6-9,16,19-21H,5,10-15H2,1-4H3,(H2,23,24,25);1H. The number of benzene rings is 1. The maximum Gasteiger partial charge on any atom is 0.191 e. The zero-order valence-corrected chi connectivity index (χ0v) is 19.7. The Morgan fingerprint density at radius 1 is 1.15 bits per heavy atom. The number of nitrogens with zero attached hydrogens (tertiary/aromatic N) is 2. The van der Waals surface area contributed by atoms with Gasteiger partial charge >= 0.3 is 0 Å². The molecule has 2 fully saturated rings. The number of likely N-dealkylation sites (tertiary alicyclic amines) is 1. The van der Waals surface area contributed by atoms with E-state index in [0.29, 0.717) is 23.9 Å². The second kappa shape index (κ2) is 10.6. The highest BCUT2D eigenvalue weighted by molar-refractivity contribution is 14.0. The normalized spacial score (nSPS) is 23.8. The van der Waals surface area contributed by atoms with Gasteiger partial charge in [-0.15, -0.1) is 24.0 Å². The number of halogens is 1. The summed E-state index contributed by atoms with van der Waals surface area (Å²) < 4.78 is 0. The van der Waals surface area contributed by atoms with Gasteiger partial charge in [0.2, 0.25) is 0 Å². The molecule has 5 heteroatoms. The lowest BCUT2D eigenvalue weighted by atomic mass is 10.0. The zero-order valence-electron chi connectivity index (χ0n) is 17.4. The van der Waals surface area contributed by atoms with E-state index >= 15 is 0 Å². The summed E-state index contributed by atoms with van der Waals surface area (Å²) in [4.78, 5) is 7.04. The van der Waals surface area contributed by atoms with Crippen LogP contribution in [0.2, 0.25) is 0 Å². The van der Waals surface area contributed by atoms with Gasteiger partial charge in [0.1, 0.15) is 0 Å². The Balaban J connectivity index is 0.00000261. The van der Waals surface area contributed by atoms with Crippen LogP contribution in [0, 0.1) is 0 Å². The van der Waals surface area contributed by atoms with Crippen molar-refractivity contribution in [2.45, 2.75) is 70.4 Å². The summed E-state index contributed by atoms with van der Waals surface area (Å²) >= 11 is 0. The second-order valence-electron chi connectivity index (χ2n) is 8.25. The smallest absolute Gasteiger partial charge is 0.191 e. The minimum atomic E-state index is 0. The molecule has 152 valence electrons. The minimum absolute atomic E-state index is 0. The summed E-state index contributed by atoms with van der Waals surface area (Å²) in [7, 11) is 1.89. The Morgan fingerprint density at radius 2 is 1.81 bits per heavy atom. The van der Waals surface area contributed by atoms with Crippen molar-refractivity contribution in [1.82, 2.24) is 15.5 Å². The van der Waals surface area contributed by atoms with Crippen molar-refractivity contribution < 1.29 is 0 Å². The lowest BCUT2D eigenvalue weighted by molar-refractivity contribution is 0.206. The summed E-state index contributed by atoms with van der Waals surface area (Å²) in [6, 6.07) is 10.3. The van der Waals surface area contributed by atoms with E-state index in [9.17, 15) is 0 Å². The van der Waals surface area contributed by atoms with E-state index in [1.807, 2.05) is 7.05 Å². The molecule has 2 N–H and O–H groups in total. The quantitative estimate of drug-likeness (QED) is 0.359. The van der Waals surface area contributed by atoms with Crippen LogP contribution in [0.25, 0.3) is 0 Å². The zero-order chi connectivity index (χ0) is 18.5. The van der Waals surface area contributed by atoms with E-state index in [4.69, 9.17) is 0 Å². The summed E-state index contributed by atoms with van der Waals surface area (Å²) in [5.41, 5.74) is 2.88. The first-order valence-corrected chi connectivity index (χ1v) is 10.4. The topological polar surface area (TPSA) is 39.7 Å². The maximum absolute atomic E-state index is 4.46. The van der Waals surface area contributed by atoms with Gasteiger partial charge in [0.25, 0.3) is 0 Å². The van der Waals surface area contributed by atoms with E-state index < -0.39 is 0 Å². The Hall–Kier alpha value is -0.820. The molecule has 1 aromatic carbocycles. The fourth-order valence-electron chi connectivity index (χ4n) is 4.01. The maximum atomic E-state index is 4.46. The van der Waals surface area contributed by atoms with Gasteiger partial charge in [-0.25, -0.2) is 0 Å². The van der Waals surface area contributed by atoms with Crippen molar-refractivity contribution >= 4 is 29.9 Å². The number of nitrogens with one attached hydrogen (secondary N) is 2. The first-order valence-electron chi connectivity index (χ1n) is 10.4. The highest BCUT2D eigenvalue weighted by Crippen LogP contribution is 2.41. The Kier molecular flexibility index (Phi) is 8.86. The number of piperidine rings is 1. The summed E-state index contributed by atoms with van der Waals surface area (Å²) in [5, 5.41) is 7.28. The fourth-order valence-corrected chi connectivity index (χ4v) is 4.01. The lowest BCUT2D eigenvalue weighted by Crippen LogP contribution is -2.49. The second-order valence-corrected chi connectivity index (χ2v) is 8.25. The average Bonchev–Trinajstić information content (AvgIpc) is 3.42. The van der Waals surface area contributed by atoms with E-state index in [0.717, 1.165) is 5.96 Å². The van der Waals surface area contributed by atoms with E-state index in [-0.39, 0.29) is 24.0 Å². The number of hydrogen-bond donors (Lipinski definition) is 2. The van der Waals surface area contributed by atoms with Crippen LogP contribution in [0.3, 0.4) is 0 Å². The van der Waals surface area contributed by atoms with Crippen molar-refractivity contribution in [3.05, 3.63) is 35.4 Å². The molecule has 0 radical (unpaired) electrons. The van der Waals surface area contributed by atoms with Gasteiger partial charge in [-0.3, -0.25) is 4.99 Å². The van der Waals surface area contributed by atoms with Crippen LogP contribution in [0.15, 0.2) is 29.3 Å². The van der Waals surface area contributed by atoms with Gasteiger partial charge in [-0.2, -0.15) is 0 Å². The van der Waals surface area contributed by atoms with Crippen molar-refractivity contribution in [2.24, 2.45) is 4.99 Å². The number of aliphatic imine (C=N–C) groups is 1. The van der Waals surface area contributed by atoms with Gasteiger partial charge in [0.05, 0.1) is 0 Å². The first-order chi connectivity index (χ1) is 12.6. The van der Waals surface area contributed by atoms with Crippen molar-refractivity contribution in [2.75, 3.05) is 26.7 Å². The van der Waals surface area contributed by atoms with E-state index in [1.165, 1.54) is 56.4 Å². The monoisotopic (exact) mass is 484 g/mol. The Bertz CT molecular complexity index is 591. The molecule has 0 aromatic heterocycles. The molecule has 0 bridgehead atoms. The summed E-state index contributed by atoms with van der Waals surface area (Å²) in [6.07, 6.45) is 4.89. The van der Waals surface area contributed by atoms with Crippen LogP contribution in [0.5, 0.6) is 0 Å². The van der Waals surface area contributed by atoms with Crippen molar-refractivity contribution in [3.63, 3.8) is 0 Å². The molecule has 2 atom stereocenters. The molecule has 1 saturated carbocycles. The van der Waals surface area contributed by atoms with E-state index in [1.54, 1.807) is 0 Å². The molecule has 1 saturated heterocycles. The molecule has 1 heterocycles. The molecule has 1 aromatic rings. The fraction of sp³-hybridized carbons (Fsp3) is 0.682. The summed E-state index contributed by atoms with van der Waals surface area (Å²) in [5.74, 6) is 2.20. The predicted molar refractivity (Wildman–Crippen MR) is 126 cm³/mol. The average molecular weight is 484 g/mol. The largest absolute Gasteiger partial charge is 0.354 e.